The number of rotatable bonds is 3. The minimum Gasteiger partial charge on any atom is -0.493 e. The number of ether oxygens (including phenoxy) is 4. The Morgan fingerprint density at radius 1 is 1.25 bits per heavy atom. The molecule has 3 saturated carbocycles. The fourth-order valence-corrected chi connectivity index (χ4v) is 9.59. The summed E-state index contributed by atoms with van der Waals surface area (Å²) in [5.74, 6) is 3.91. The first-order valence-corrected chi connectivity index (χ1v) is 13.2. The highest BCUT2D eigenvalue weighted by Gasteiger charge is 2.78. The summed E-state index contributed by atoms with van der Waals surface area (Å²) in [6.45, 7) is 2.98. The van der Waals surface area contributed by atoms with E-state index in [4.69, 9.17) is 18.9 Å². The largest absolute Gasteiger partial charge is 0.493 e. The molecule has 5 nitrogen and oxygen atoms in total. The summed E-state index contributed by atoms with van der Waals surface area (Å²) in [5.41, 5.74) is 3.53. The first-order valence-electron chi connectivity index (χ1n) is 12.0. The van der Waals surface area contributed by atoms with Crippen LogP contribution in [0.15, 0.2) is 12.1 Å². The van der Waals surface area contributed by atoms with Crippen LogP contribution in [0.1, 0.15) is 36.8 Å². The van der Waals surface area contributed by atoms with Gasteiger partial charge in [0.15, 0.2) is 11.5 Å². The summed E-state index contributed by atoms with van der Waals surface area (Å²) in [6.07, 6.45) is 14.8. The first kappa shape index (κ1) is 20.4. The van der Waals surface area contributed by atoms with Crippen LogP contribution in [0.5, 0.6) is 11.5 Å². The second-order valence-corrected chi connectivity index (χ2v) is 12.2. The van der Waals surface area contributed by atoms with E-state index in [-0.39, 0.29) is 21.7 Å². The Morgan fingerprint density at radius 3 is 2.88 bits per heavy atom. The van der Waals surface area contributed by atoms with Crippen molar-refractivity contribution in [1.82, 2.24) is 4.90 Å². The van der Waals surface area contributed by atoms with E-state index in [0.717, 1.165) is 17.4 Å². The molecule has 2 bridgehead atoms. The average Bonchev–Trinajstić information content (AvgIpc) is 3.51. The van der Waals surface area contributed by atoms with Crippen molar-refractivity contribution in [3.05, 3.63) is 23.3 Å². The molecule has 2 spiro atoms. The van der Waals surface area contributed by atoms with E-state index < -0.39 is 0 Å². The van der Waals surface area contributed by atoms with Gasteiger partial charge in [-0.3, -0.25) is 4.90 Å². The number of fused-ring (bicyclic) bond motifs is 3. The number of alkyl halides is 1. The second-order valence-electron chi connectivity index (χ2n) is 11.0. The summed E-state index contributed by atoms with van der Waals surface area (Å²) in [6, 6.07) is 5.17. The molecule has 1 aromatic rings. The molecule has 32 heavy (non-hydrogen) atoms. The molecule has 8 rings (SSSR count). The third-order valence-electron chi connectivity index (χ3n) is 9.67. The molecule has 170 valence electrons. The summed E-state index contributed by atoms with van der Waals surface area (Å²) in [4.78, 5) is 2.86. The normalized spacial score (nSPS) is 46.5. The van der Waals surface area contributed by atoms with Crippen molar-refractivity contribution >= 4 is 22.6 Å². The highest BCUT2D eigenvalue weighted by Crippen LogP contribution is 2.75. The van der Waals surface area contributed by atoms with Crippen LogP contribution >= 0.6 is 22.6 Å². The molecule has 7 aliphatic rings. The quantitative estimate of drug-likeness (QED) is 0.328. The predicted molar refractivity (Wildman–Crippen MR) is 128 cm³/mol. The summed E-state index contributed by atoms with van der Waals surface area (Å²) in [7, 11) is 1.77. The number of hydrogen-bond acceptors (Lipinski definition) is 5. The topological polar surface area (TPSA) is 40.2 Å². The molecule has 6 heteroatoms. The molecule has 0 radical (unpaired) electrons. The molecule has 3 aliphatic heterocycles. The van der Waals surface area contributed by atoms with Crippen molar-refractivity contribution < 1.29 is 18.9 Å². The van der Waals surface area contributed by atoms with Gasteiger partial charge in [0.1, 0.15) is 23.1 Å². The Kier molecular flexibility index (Phi) is 4.31. The van der Waals surface area contributed by atoms with Gasteiger partial charge in [0.25, 0.3) is 0 Å². The molecule has 1 aromatic carbocycles. The molecule has 0 N–H and O–H groups in total. The molecule has 8 atom stereocenters. The molecule has 0 aromatic heterocycles. The van der Waals surface area contributed by atoms with Crippen LogP contribution in [0, 0.1) is 36.0 Å². The molecule has 5 fully saturated rings. The van der Waals surface area contributed by atoms with Gasteiger partial charge < -0.3 is 18.9 Å². The lowest BCUT2D eigenvalue weighted by Crippen LogP contribution is -2.66. The van der Waals surface area contributed by atoms with Crippen LogP contribution in [-0.4, -0.2) is 54.3 Å². The van der Waals surface area contributed by atoms with Gasteiger partial charge in [-0.05, 0) is 55.6 Å². The number of terminal acetylenes is 1. The number of halogens is 1. The molecule has 4 aliphatic carbocycles. The zero-order valence-corrected chi connectivity index (χ0v) is 20.6. The summed E-state index contributed by atoms with van der Waals surface area (Å²) in [5, 5.41) is 0. The number of methoxy groups -OCH3 is 1. The Hall–Kier alpha value is -1.01. The fourth-order valence-electron chi connectivity index (χ4n) is 8.74. The maximum Gasteiger partial charge on any atom is 0.165 e. The van der Waals surface area contributed by atoms with Crippen molar-refractivity contribution in [3.8, 4) is 24.3 Å². The number of hydrogen-bond donors (Lipinski definition) is 0. The van der Waals surface area contributed by atoms with E-state index in [0.29, 0.717) is 30.1 Å². The van der Waals surface area contributed by atoms with Crippen molar-refractivity contribution in [2.24, 2.45) is 23.2 Å². The van der Waals surface area contributed by atoms with Gasteiger partial charge in [0.05, 0.1) is 7.11 Å². The minimum atomic E-state index is 0.0926. The van der Waals surface area contributed by atoms with Crippen LogP contribution < -0.4 is 9.47 Å². The third kappa shape index (κ3) is 2.32. The Bertz CT molecular complexity index is 994. The Labute approximate surface area is 203 Å². The average molecular weight is 547 g/mol. The molecule has 2 saturated heterocycles. The molecule has 6 unspecified atom stereocenters. The smallest absolute Gasteiger partial charge is 0.165 e. The summed E-state index contributed by atoms with van der Waals surface area (Å²) >= 11 is 2.50. The minimum absolute atomic E-state index is 0.0926. The maximum atomic E-state index is 6.89. The van der Waals surface area contributed by atoms with E-state index in [9.17, 15) is 0 Å². The maximum absolute atomic E-state index is 6.89. The molecular weight excluding hydrogens is 517 g/mol. The van der Waals surface area contributed by atoms with Crippen molar-refractivity contribution in [2.75, 3.05) is 27.0 Å². The van der Waals surface area contributed by atoms with Crippen LogP contribution in [-0.2, 0) is 21.3 Å². The SMILES string of the molecule is C#C.COc1ccc2c3c1O[C@H]1C4OCOC(I)[C@H]4CC4C5N(CC6CC6)CC5(C2)CC341. The lowest BCUT2D eigenvalue weighted by atomic mass is 9.57. The van der Waals surface area contributed by atoms with E-state index in [1.54, 1.807) is 7.11 Å². The Morgan fingerprint density at radius 2 is 2.09 bits per heavy atom. The van der Waals surface area contributed by atoms with E-state index in [1.807, 2.05) is 0 Å². The highest BCUT2D eigenvalue weighted by molar-refractivity contribution is 14.1. The molecule has 3 heterocycles. The first-order chi connectivity index (χ1) is 15.6. The van der Waals surface area contributed by atoms with Crippen molar-refractivity contribution in [1.29, 1.82) is 0 Å². The van der Waals surface area contributed by atoms with Gasteiger partial charge in [-0.1, -0.05) is 28.7 Å². The van der Waals surface area contributed by atoms with Gasteiger partial charge >= 0.3 is 0 Å². The van der Waals surface area contributed by atoms with Crippen LogP contribution in [0.4, 0.5) is 0 Å². The summed E-state index contributed by atoms with van der Waals surface area (Å²) < 4.78 is 25.1. The van der Waals surface area contributed by atoms with E-state index in [2.05, 4.69) is 52.5 Å². The zero-order valence-electron chi connectivity index (χ0n) is 18.5. The van der Waals surface area contributed by atoms with E-state index >= 15 is 0 Å². The van der Waals surface area contributed by atoms with Crippen molar-refractivity contribution in [3.63, 3.8) is 0 Å². The number of benzene rings is 1. The Balaban J connectivity index is 0.000000880. The van der Waals surface area contributed by atoms with Gasteiger partial charge in [-0.15, -0.1) is 12.8 Å². The van der Waals surface area contributed by atoms with Crippen LogP contribution in [0.3, 0.4) is 0 Å². The van der Waals surface area contributed by atoms with Gasteiger partial charge in [0.2, 0.25) is 0 Å². The van der Waals surface area contributed by atoms with Gasteiger partial charge in [-0.2, -0.15) is 0 Å². The fraction of sp³-hybridized carbons (Fsp3) is 0.692. The van der Waals surface area contributed by atoms with Crippen LogP contribution in [0.25, 0.3) is 0 Å². The zero-order chi connectivity index (χ0) is 21.8. The number of nitrogens with zero attached hydrogens (tertiary/aromatic N) is 1. The van der Waals surface area contributed by atoms with Gasteiger partial charge in [-0.25, -0.2) is 0 Å². The second kappa shape index (κ2) is 6.78. The molecule has 0 amide bonds. The number of likely N-dealkylation sites (tertiary alicyclic amines) is 1. The lowest BCUT2D eigenvalue weighted by Gasteiger charge is -2.57. The van der Waals surface area contributed by atoms with Crippen LogP contribution in [0.2, 0.25) is 0 Å². The predicted octanol–water partition coefficient (Wildman–Crippen LogP) is 3.75. The van der Waals surface area contributed by atoms with E-state index in [1.165, 1.54) is 56.3 Å². The van der Waals surface area contributed by atoms with Gasteiger partial charge in [0, 0.05) is 41.4 Å². The third-order valence-corrected chi connectivity index (χ3v) is 11.0. The van der Waals surface area contributed by atoms with Crippen molar-refractivity contribution in [2.45, 2.75) is 59.9 Å². The standard InChI is InChI=1S/C24H28INO4.C2H2/c1-27-16-5-4-13-7-23-9-24-15(20(23)26(10-23)8-12-2-3-12)6-14-18(28-11-29-22(14)25)21(24)30-19(16)17(13)24;1-2/h4-5,12,14-15,18,20-22H,2-3,6-11H2,1H3;1-2H/t14-,15?,18?,20?,21-,22?,23?,24?;/m0./s1. The molecular formula is C26H30INO4. The highest BCUT2D eigenvalue weighted by atomic mass is 127. The lowest BCUT2D eigenvalue weighted by molar-refractivity contribution is -0.229. The monoisotopic (exact) mass is 547 g/mol.